The predicted molar refractivity (Wildman–Crippen MR) is 69.5 cm³/mol. The normalized spacial score (nSPS) is 31.7. The summed E-state index contributed by atoms with van der Waals surface area (Å²) < 4.78 is 0. The SMILES string of the molecule is CCNC1CCC(C(C)(C)CC)CC1CO. The summed E-state index contributed by atoms with van der Waals surface area (Å²) in [6, 6.07) is 0.541. The molecule has 3 atom stereocenters. The molecule has 0 aromatic carbocycles. The molecule has 2 heteroatoms. The molecule has 1 aliphatic rings. The van der Waals surface area contributed by atoms with Gasteiger partial charge in [0, 0.05) is 12.6 Å². The first-order chi connectivity index (χ1) is 7.55. The molecule has 1 fully saturated rings. The van der Waals surface area contributed by atoms with Crippen LogP contribution in [0, 0.1) is 17.3 Å². The van der Waals surface area contributed by atoms with Crippen molar-refractivity contribution < 1.29 is 5.11 Å². The molecule has 16 heavy (non-hydrogen) atoms. The van der Waals surface area contributed by atoms with Crippen LogP contribution in [0.5, 0.6) is 0 Å². The first kappa shape index (κ1) is 14.0. The highest BCUT2D eigenvalue weighted by molar-refractivity contribution is 4.89. The summed E-state index contributed by atoms with van der Waals surface area (Å²) in [7, 11) is 0. The molecule has 0 bridgehead atoms. The van der Waals surface area contributed by atoms with E-state index in [4.69, 9.17) is 0 Å². The molecule has 1 saturated carbocycles. The molecule has 0 aliphatic heterocycles. The summed E-state index contributed by atoms with van der Waals surface area (Å²) in [4.78, 5) is 0. The van der Waals surface area contributed by atoms with Gasteiger partial charge in [-0.3, -0.25) is 0 Å². The Labute approximate surface area is 101 Å². The van der Waals surface area contributed by atoms with Gasteiger partial charge in [0.15, 0.2) is 0 Å². The molecule has 1 aliphatic carbocycles. The molecule has 96 valence electrons. The zero-order valence-electron chi connectivity index (χ0n) is 11.4. The van der Waals surface area contributed by atoms with Crippen molar-refractivity contribution in [2.75, 3.05) is 13.2 Å². The zero-order valence-corrected chi connectivity index (χ0v) is 11.4. The first-order valence-electron chi connectivity index (χ1n) is 6.89. The molecule has 1 rings (SSSR count). The fourth-order valence-corrected chi connectivity index (χ4v) is 3.00. The third-order valence-corrected chi connectivity index (χ3v) is 4.70. The number of aliphatic hydroxyl groups is 1. The third-order valence-electron chi connectivity index (χ3n) is 4.70. The topological polar surface area (TPSA) is 32.3 Å². The van der Waals surface area contributed by atoms with Gasteiger partial charge in [-0.05, 0) is 43.1 Å². The molecule has 2 N–H and O–H groups in total. The van der Waals surface area contributed by atoms with Crippen LogP contribution < -0.4 is 5.32 Å². The average molecular weight is 227 g/mol. The minimum absolute atomic E-state index is 0.341. The lowest BCUT2D eigenvalue weighted by Crippen LogP contribution is -2.44. The van der Waals surface area contributed by atoms with E-state index in [1.165, 1.54) is 25.7 Å². The minimum atomic E-state index is 0.341. The smallest absolute Gasteiger partial charge is 0.0474 e. The maximum absolute atomic E-state index is 9.50. The fourth-order valence-electron chi connectivity index (χ4n) is 3.00. The molecule has 0 heterocycles. The van der Waals surface area contributed by atoms with Gasteiger partial charge in [-0.1, -0.05) is 34.1 Å². The molecule has 3 unspecified atom stereocenters. The van der Waals surface area contributed by atoms with Crippen molar-refractivity contribution in [1.29, 1.82) is 0 Å². The molecular weight excluding hydrogens is 198 g/mol. The van der Waals surface area contributed by atoms with Gasteiger partial charge in [0.25, 0.3) is 0 Å². The van der Waals surface area contributed by atoms with E-state index < -0.39 is 0 Å². The van der Waals surface area contributed by atoms with Crippen LogP contribution in [0.25, 0.3) is 0 Å². The third kappa shape index (κ3) is 3.21. The Kier molecular flexibility index (Phi) is 5.26. The van der Waals surface area contributed by atoms with Gasteiger partial charge >= 0.3 is 0 Å². The summed E-state index contributed by atoms with van der Waals surface area (Å²) in [5, 5.41) is 13.0. The van der Waals surface area contributed by atoms with Crippen molar-refractivity contribution in [3.05, 3.63) is 0 Å². The standard InChI is InChI=1S/C14H29NO/c1-5-14(3,4)12-7-8-13(15-6-2)11(9-12)10-16/h11-13,15-16H,5-10H2,1-4H3. The van der Waals surface area contributed by atoms with Gasteiger partial charge in [-0.2, -0.15) is 0 Å². The largest absolute Gasteiger partial charge is 0.396 e. The number of rotatable bonds is 5. The van der Waals surface area contributed by atoms with Gasteiger partial charge < -0.3 is 10.4 Å². The van der Waals surface area contributed by atoms with E-state index in [9.17, 15) is 5.11 Å². The van der Waals surface area contributed by atoms with Gasteiger partial charge in [-0.25, -0.2) is 0 Å². The lowest BCUT2D eigenvalue weighted by atomic mass is 9.66. The number of aliphatic hydroxyl groups excluding tert-OH is 1. The number of nitrogens with one attached hydrogen (secondary N) is 1. The van der Waals surface area contributed by atoms with Crippen molar-refractivity contribution in [1.82, 2.24) is 5.32 Å². The second kappa shape index (κ2) is 6.02. The Bertz CT molecular complexity index is 203. The molecular formula is C14H29NO. The van der Waals surface area contributed by atoms with Crippen LogP contribution in [-0.2, 0) is 0 Å². The second-order valence-corrected chi connectivity index (χ2v) is 5.96. The molecule has 0 radical (unpaired) electrons. The van der Waals surface area contributed by atoms with E-state index in [1.807, 2.05) is 0 Å². The van der Waals surface area contributed by atoms with E-state index in [-0.39, 0.29) is 0 Å². The lowest BCUT2D eigenvalue weighted by molar-refractivity contribution is 0.0665. The van der Waals surface area contributed by atoms with Gasteiger partial charge in [-0.15, -0.1) is 0 Å². The van der Waals surface area contributed by atoms with E-state index >= 15 is 0 Å². The number of hydrogen-bond acceptors (Lipinski definition) is 2. The monoisotopic (exact) mass is 227 g/mol. The van der Waals surface area contributed by atoms with E-state index in [0.29, 0.717) is 24.0 Å². The predicted octanol–water partition coefficient (Wildman–Crippen LogP) is 2.81. The van der Waals surface area contributed by atoms with Gasteiger partial charge in [0.1, 0.15) is 0 Å². The van der Waals surface area contributed by atoms with E-state index in [0.717, 1.165) is 12.5 Å². The Balaban J connectivity index is 2.58. The number of hydrogen-bond donors (Lipinski definition) is 2. The summed E-state index contributed by atoms with van der Waals surface area (Å²) >= 11 is 0. The summed E-state index contributed by atoms with van der Waals surface area (Å²) in [6.07, 6.45) is 4.97. The van der Waals surface area contributed by atoms with Crippen molar-refractivity contribution in [3.63, 3.8) is 0 Å². The van der Waals surface area contributed by atoms with Crippen LogP contribution in [0.1, 0.15) is 53.4 Å². The van der Waals surface area contributed by atoms with Gasteiger partial charge in [0.05, 0.1) is 0 Å². The summed E-state index contributed by atoms with van der Waals surface area (Å²) in [6.45, 7) is 10.5. The van der Waals surface area contributed by atoms with Crippen LogP contribution in [0.4, 0.5) is 0 Å². The first-order valence-corrected chi connectivity index (χ1v) is 6.89. The molecule has 0 aromatic heterocycles. The Morgan fingerprint density at radius 2 is 1.94 bits per heavy atom. The van der Waals surface area contributed by atoms with Crippen molar-refractivity contribution >= 4 is 0 Å². The molecule has 2 nitrogen and oxygen atoms in total. The fraction of sp³-hybridized carbons (Fsp3) is 1.00. The average Bonchev–Trinajstić information content (AvgIpc) is 2.29. The van der Waals surface area contributed by atoms with Crippen LogP contribution in [0.3, 0.4) is 0 Å². The zero-order chi connectivity index (χ0) is 12.2. The van der Waals surface area contributed by atoms with Crippen LogP contribution in [0.2, 0.25) is 0 Å². The second-order valence-electron chi connectivity index (χ2n) is 5.96. The van der Waals surface area contributed by atoms with Crippen molar-refractivity contribution in [2.45, 2.75) is 59.4 Å². The van der Waals surface area contributed by atoms with Crippen LogP contribution >= 0.6 is 0 Å². The van der Waals surface area contributed by atoms with Gasteiger partial charge in [0.2, 0.25) is 0 Å². The van der Waals surface area contributed by atoms with Crippen LogP contribution in [0.15, 0.2) is 0 Å². The lowest BCUT2D eigenvalue weighted by Gasteiger charge is -2.43. The molecule has 0 amide bonds. The van der Waals surface area contributed by atoms with E-state index in [1.54, 1.807) is 0 Å². The highest BCUT2D eigenvalue weighted by atomic mass is 16.3. The van der Waals surface area contributed by atoms with Crippen LogP contribution in [-0.4, -0.2) is 24.3 Å². The summed E-state index contributed by atoms with van der Waals surface area (Å²) in [5.41, 5.74) is 0.435. The summed E-state index contributed by atoms with van der Waals surface area (Å²) in [5.74, 6) is 1.24. The molecule has 0 spiro atoms. The maximum Gasteiger partial charge on any atom is 0.0474 e. The molecule has 0 aromatic rings. The van der Waals surface area contributed by atoms with Crippen molar-refractivity contribution in [2.24, 2.45) is 17.3 Å². The van der Waals surface area contributed by atoms with Crippen molar-refractivity contribution in [3.8, 4) is 0 Å². The Morgan fingerprint density at radius 1 is 1.25 bits per heavy atom. The minimum Gasteiger partial charge on any atom is -0.396 e. The van der Waals surface area contributed by atoms with E-state index in [2.05, 4.69) is 33.0 Å². The highest BCUT2D eigenvalue weighted by Crippen LogP contribution is 2.42. The quantitative estimate of drug-likeness (QED) is 0.757. The molecule has 0 saturated heterocycles. The Hall–Kier alpha value is -0.0800. The highest BCUT2D eigenvalue weighted by Gasteiger charge is 2.36. The maximum atomic E-state index is 9.50. The Morgan fingerprint density at radius 3 is 2.44 bits per heavy atom.